The van der Waals surface area contributed by atoms with Gasteiger partial charge in [-0.1, -0.05) is 5.16 Å². The van der Waals surface area contributed by atoms with Gasteiger partial charge in [0.1, 0.15) is 5.76 Å². The van der Waals surface area contributed by atoms with Gasteiger partial charge in [0.05, 0.1) is 11.8 Å². The van der Waals surface area contributed by atoms with E-state index >= 15 is 0 Å². The van der Waals surface area contributed by atoms with E-state index < -0.39 is 0 Å². The average molecular weight is 408 g/mol. The molecule has 6 nitrogen and oxygen atoms in total. The molecule has 1 fully saturated rings. The predicted molar refractivity (Wildman–Crippen MR) is 93.4 cm³/mol. The summed E-state index contributed by atoms with van der Waals surface area (Å²) >= 11 is 0. The van der Waals surface area contributed by atoms with Crippen molar-refractivity contribution in [2.75, 3.05) is 26.7 Å². The largest absolute Gasteiger partial charge is 0.376 e. The molecule has 0 radical (unpaired) electrons. The summed E-state index contributed by atoms with van der Waals surface area (Å²) in [6.45, 7) is 6.40. The van der Waals surface area contributed by atoms with Crippen molar-refractivity contribution in [1.29, 1.82) is 0 Å². The molecular formula is C14H25IN4O2. The van der Waals surface area contributed by atoms with E-state index in [0.717, 1.165) is 56.4 Å². The Kier molecular flexibility index (Phi) is 8.02. The number of aromatic nitrogens is 1. The second-order valence-electron chi connectivity index (χ2n) is 5.07. The van der Waals surface area contributed by atoms with E-state index in [0.29, 0.717) is 6.10 Å². The zero-order valence-electron chi connectivity index (χ0n) is 12.9. The van der Waals surface area contributed by atoms with Gasteiger partial charge in [-0.3, -0.25) is 4.99 Å². The van der Waals surface area contributed by atoms with Crippen LogP contribution in [0.25, 0.3) is 0 Å². The number of rotatable bonds is 5. The molecule has 2 heterocycles. The maximum Gasteiger partial charge on any atom is 0.191 e. The Morgan fingerprint density at radius 2 is 2.19 bits per heavy atom. The molecule has 0 amide bonds. The molecule has 0 aliphatic carbocycles. The van der Waals surface area contributed by atoms with Gasteiger partial charge in [0.25, 0.3) is 0 Å². The van der Waals surface area contributed by atoms with Crippen LogP contribution in [0.4, 0.5) is 0 Å². The van der Waals surface area contributed by atoms with Gasteiger partial charge in [0.15, 0.2) is 5.96 Å². The Bertz CT molecular complexity index is 436. The molecule has 0 bridgehead atoms. The van der Waals surface area contributed by atoms with Gasteiger partial charge in [0, 0.05) is 32.3 Å². The zero-order valence-corrected chi connectivity index (χ0v) is 15.3. The van der Waals surface area contributed by atoms with E-state index in [1.807, 2.05) is 13.8 Å². The fraction of sp³-hybridized carbons (Fsp3) is 0.714. The number of nitrogens with zero attached hydrogens (tertiary/aromatic N) is 2. The van der Waals surface area contributed by atoms with Gasteiger partial charge in [-0.2, -0.15) is 0 Å². The summed E-state index contributed by atoms with van der Waals surface area (Å²) in [6.07, 6.45) is 3.48. The third kappa shape index (κ3) is 5.46. The van der Waals surface area contributed by atoms with Gasteiger partial charge in [-0.25, -0.2) is 0 Å². The van der Waals surface area contributed by atoms with Crippen molar-refractivity contribution in [3.05, 3.63) is 17.0 Å². The summed E-state index contributed by atoms with van der Waals surface area (Å²) < 4.78 is 10.7. The van der Waals surface area contributed by atoms with Crippen molar-refractivity contribution in [1.82, 2.24) is 15.8 Å². The molecule has 1 aliphatic heterocycles. The summed E-state index contributed by atoms with van der Waals surface area (Å²) in [6, 6.07) is 0. The Morgan fingerprint density at radius 1 is 1.38 bits per heavy atom. The maximum absolute atomic E-state index is 5.58. The molecule has 0 aromatic carbocycles. The minimum Gasteiger partial charge on any atom is -0.376 e. The standard InChI is InChI=1S/C14H24N4O2.HI/c1-10-13(11(2)20-18-10)6-7-16-14(15-3)17-9-12-5-4-8-19-12;/h12H,4-9H2,1-3H3,(H2,15,16,17);1H. The molecule has 1 unspecified atom stereocenters. The first-order chi connectivity index (χ1) is 9.70. The van der Waals surface area contributed by atoms with Crippen LogP contribution in [0.3, 0.4) is 0 Å². The van der Waals surface area contributed by atoms with E-state index in [9.17, 15) is 0 Å². The van der Waals surface area contributed by atoms with E-state index in [4.69, 9.17) is 9.26 Å². The molecule has 0 spiro atoms. The number of aliphatic imine (C=N–C) groups is 1. The lowest BCUT2D eigenvalue weighted by atomic mass is 10.1. The number of halogens is 1. The summed E-state index contributed by atoms with van der Waals surface area (Å²) in [4.78, 5) is 4.21. The number of nitrogens with one attached hydrogen (secondary N) is 2. The van der Waals surface area contributed by atoms with Crippen LogP contribution in [0, 0.1) is 13.8 Å². The number of hydrogen-bond acceptors (Lipinski definition) is 4. The van der Waals surface area contributed by atoms with Crippen molar-refractivity contribution in [3.63, 3.8) is 0 Å². The summed E-state index contributed by atoms with van der Waals surface area (Å²) in [5.74, 6) is 1.71. The van der Waals surface area contributed by atoms with Crippen LogP contribution < -0.4 is 10.6 Å². The van der Waals surface area contributed by atoms with Crippen LogP contribution >= 0.6 is 24.0 Å². The van der Waals surface area contributed by atoms with E-state index in [2.05, 4.69) is 20.8 Å². The third-order valence-electron chi connectivity index (χ3n) is 3.59. The van der Waals surface area contributed by atoms with E-state index in [1.54, 1.807) is 7.05 Å². The van der Waals surface area contributed by atoms with Gasteiger partial charge in [-0.15, -0.1) is 24.0 Å². The quantitative estimate of drug-likeness (QED) is 0.442. The molecule has 2 rings (SSSR count). The van der Waals surface area contributed by atoms with Gasteiger partial charge >= 0.3 is 0 Å². The first kappa shape index (κ1) is 18.2. The summed E-state index contributed by atoms with van der Waals surface area (Å²) in [5.41, 5.74) is 2.14. The number of guanidine groups is 1. The van der Waals surface area contributed by atoms with Crippen LogP contribution in [0.5, 0.6) is 0 Å². The van der Waals surface area contributed by atoms with Crippen molar-refractivity contribution in [3.8, 4) is 0 Å². The first-order valence-corrected chi connectivity index (χ1v) is 7.18. The van der Waals surface area contributed by atoms with Gasteiger partial charge in [0.2, 0.25) is 0 Å². The molecule has 1 aliphatic rings. The van der Waals surface area contributed by atoms with Crippen molar-refractivity contribution in [2.45, 2.75) is 39.2 Å². The Labute approximate surface area is 143 Å². The Balaban J connectivity index is 0.00000220. The number of aryl methyl sites for hydroxylation is 2. The lowest BCUT2D eigenvalue weighted by Gasteiger charge is -2.14. The van der Waals surface area contributed by atoms with Crippen LogP contribution in [0.2, 0.25) is 0 Å². The molecule has 1 atom stereocenters. The molecular weight excluding hydrogens is 383 g/mol. The highest BCUT2D eigenvalue weighted by atomic mass is 127. The topological polar surface area (TPSA) is 71.7 Å². The van der Waals surface area contributed by atoms with E-state index in [-0.39, 0.29) is 24.0 Å². The SMILES string of the molecule is CN=C(NCCc1c(C)noc1C)NCC1CCCO1.I. The second-order valence-corrected chi connectivity index (χ2v) is 5.07. The highest BCUT2D eigenvalue weighted by Crippen LogP contribution is 2.12. The monoisotopic (exact) mass is 408 g/mol. The second kappa shape index (κ2) is 9.24. The molecule has 21 heavy (non-hydrogen) atoms. The summed E-state index contributed by atoms with van der Waals surface area (Å²) in [5, 5.41) is 10.6. The number of hydrogen-bond donors (Lipinski definition) is 2. The summed E-state index contributed by atoms with van der Waals surface area (Å²) in [7, 11) is 1.78. The van der Waals surface area contributed by atoms with Gasteiger partial charge in [-0.05, 0) is 33.1 Å². The molecule has 1 aromatic rings. The van der Waals surface area contributed by atoms with Gasteiger partial charge < -0.3 is 19.9 Å². The predicted octanol–water partition coefficient (Wildman–Crippen LogP) is 1.80. The van der Waals surface area contributed by atoms with Crippen LogP contribution in [0.15, 0.2) is 9.52 Å². The number of ether oxygens (including phenoxy) is 1. The maximum atomic E-state index is 5.58. The Hall–Kier alpha value is -0.830. The van der Waals surface area contributed by atoms with E-state index in [1.165, 1.54) is 5.56 Å². The van der Waals surface area contributed by atoms with Crippen LogP contribution in [0.1, 0.15) is 29.9 Å². The molecule has 7 heteroatoms. The van der Waals surface area contributed by atoms with Crippen LogP contribution in [-0.4, -0.2) is 44.0 Å². The molecule has 120 valence electrons. The highest BCUT2D eigenvalue weighted by molar-refractivity contribution is 14.0. The smallest absolute Gasteiger partial charge is 0.191 e. The normalized spacial score (nSPS) is 18.4. The van der Waals surface area contributed by atoms with Crippen LogP contribution in [-0.2, 0) is 11.2 Å². The fourth-order valence-electron chi connectivity index (χ4n) is 2.40. The zero-order chi connectivity index (χ0) is 14.4. The average Bonchev–Trinajstić information content (AvgIpc) is 3.06. The van der Waals surface area contributed by atoms with Crippen molar-refractivity contribution in [2.24, 2.45) is 4.99 Å². The molecule has 1 saturated heterocycles. The van der Waals surface area contributed by atoms with Crippen molar-refractivity contribution >= 4 is 29.9 Å². The minimum absolute atomic E-state index is 0. The highest BCUT2D eigenvalue weighted by Gasteiger charge is 2.15. The lowest BCUT2D eigenvalue weighted by Crippen LogP contribution is -2.41. The molecule has 1 aromatic heterocycles. The molecule has 0 saturated carbocycles. The first-order valence-electron chi connectivity index (χ1n) is 7.18. The Morgan fingerprint density at radius 3 is 2.76 bits per heavy atom. The third-order valence-corrected chi connectivity index (χ3v) is 3.59. The lowest BCUT2D eigenvalue weighted by molar-refractivity contribution is 0.114. The van der Waals surface area contributed by atoms with Crippen molar-refractivity contribution < 1.29 is 9.26 Å². The minimum atomic E-state index is 0. The fourth-order valence-corrected chi connectivity index (χ4v) is 2.40. The molecule has 2 N–H and O–H groups in total.